The number of hydrogen-bond acceptors (Lipinski definition) is 3. The third-order valence-electron chi connectivity index (χ3n) is 2.20. The van der Waals surface area contributed by atoms with Gasteiger partial charge in [0.15, 0.2) is 0 Å². The largest absolute Gasteiger partial charge is 0.508 e. The topological polar surface area (TPSA) is 73.1 Å². The molecule has 5 heteroatoms. The number of aromatic hydroxyl groups is 1. The van der Waals surface area contributed by atoms with Crippen molar-refractivity contribution < 1.29 is 14.3 Å². The summed E-state index contributed by atoms with van der Waals surface area (Å²) in [4.78, 5) is 11.5. The van der Waals surface area contributed by atoms with Gasteiger partial charge in [0.25, 0.3) is 5.91 Å². The maximum atomic E-state index is 13.3. The number of carbonyl (C=O) groups is 1. The minimum Gasteiger partial charge on any atom is -0.508 e. The number of hydrogen-bond donors (Lipinski definition) is 2. The molecule has 1 aromatic carbocycles. The highest BCUT2D eigenvalue weighted by Gasteiger charge is 2.11. The van der Waals surface area contributed by atoms with Crippen LogP contribution in [0.3, 0.4) is 0 Å². The van der Waals surface area contributed by atoms with Crippen molar-refractivity contribution in [3.8, 4) is 11.8 Å². The third kappa shape index (κ3) is 4.11. The molecule has 0 aliphatic rings. The molecule has 0 heterocycles. The van der Waals surface area contributed by atoms with Crippen LogP contribution in [-0.2, 0) is 0 Å². The number of benzene rings is 1. The number of carbonyl (C=O) groups excluding carboxylic acids is 1. The first-order chi connectivity index (χ1) is 8.15. The lowest BCUT2D eigenvalue weighted by Gasteiger charge is -2.05. The SMILES string of the molecule is N#CCCCCNC(=O)c1ccc(O)cc1F. The molecule has 0 aromatic heterocycles. The van der Waals surface area contributed by atoms with Crippen molar-refractivity contribution in [2.24, 2.45) is 0 Å². The number of unbranched alkanes of at least 4 members (excludes halogenated alkanes) is 2. The minimum atomic E-state index is -0.750. The zero-order valence-electron chi connectivity index (χ0n) is 9.24. The van der Waals surface area contributed by atoms with Gasteiger partial charge < -0.3 is 10.4 Å². The molecule has 2 N–H and O–H groups in total. The zero-order valence-corrected chi connectivity index (χ0v) is 9.24. The van der Waals surface area contributed by atoms with E-state index in [1.54, 1.807) is 0 Å². The molecule has 1 amide bonds. The molecular formula is C12H13FN2O2. The van der Waals surface area contributed by atoms with Crippen LogP contribution in [0.15, 0.2) is 18.2 Å². The standard InChI is InChI=1S/C12H13FN2O2/c13-11-8-9(16)4-5-10(11)12(17)15-7-3-1-2-6-14/h4-5,8,16H,1-3,7H2,(H,15,17). The summed E-state index contributed by atoms with van der Waals surface area (Å²) >= 11 is 0. The van der Waals surface area contributed by atoms with Crippen molar-refractivity contribution in [1.82, 2.24) is 5.32 Å². The van der Waals surface area contributed by atoms with E-state index in [0.29, 0.717) is 25.8 Å². The van der Waals surface area contributed by atoms with Crippen molar-refractivity contribution >= 4 is 5.91 Å². The Balaban J connectivity index is 2.45. The number of phenols is 1. The fraction of sp³-hybridized carbons (Fsp3) is 0.333. The maximum absolute atomic E-state index is 13.3. The first kappa shape index (κ1) is 13.0. The van der Waals surface area contributed by atoms with Gasteiger partial charge in [-0.15, -0.1) is 0 Å². The number of phenolic OH excluding ortho intramolecular Hbond substituents is 1. The predicted molar refractivity (Wildman–Crippen MR) is 59.9 cm³/mol. The number of rotatable bonds is 5. The van der Waals surface area contributed by atoms with Crippen LogP contribution >= 0.6 is 0 Å². The summed E-state index contributed by atoms with van der Waals surface area (Å²) in [5.74, 6) is -1.48. The Morgan fingerprint density at radius 2 is 2.24 bits per heavy atom. The summed E-state index contributed by atoms with van der Waals surface area (Å²) in [6.07, 6.45) is 1.83. The van der Waals surface area contributed by atoms with Crippen molar-refractivity contribution in [3.63, 3.8) is 0 Å². The van der Waals surface area contributed by atoms with Crippen LogP contribution in [0, 0.1) is 17.1 Å². The van der Waals surface area contributed by atoms with Gasteiger partial charge in [-0.05, 0) is 25.0 Å². The van der Waals surface area contributed by atoms with Crippen molar-refractivity contribution in [3.05, 3.63) is 29.6 Å². The van der Waals surface area contributed by atoms with Gasteiger partial charge in [0.2, 0.25) is 0 Å². The lowest BCUT2D eigenvalue weighted by molar-refractivity contribution is 0.0949. The molecule has 0 bridgehead atoms. The lowest BCUT2D eigenvalue weighted by Crippen LogP contribution is -2.25. The number of amides is 1. The van der Waals surface area contributed by atoms with Crippen molar-refractivity contribution in [1.29, 1.82) is 5.26 Å². The van der Waals surface area contributed by atoms with E-state index in [4.69, 9.17) is 10.4 Å². The predicted octanol–water partition coefficient (Wildman–Crippen LogP) is 1.95. The Bertz CT molecular complexity index is 441. The summed E-state index contributed by atoms with van der Waals surface area (Å²) < 4.78 is 13.3. The molecule has 1 aromatic rings. The second kappa shape index (κ2) is 6.48. The molecule has 0 unspecified atom stereocenters. The average Bonchev–Trinajstić information content (AvgIpc) is 2.28. The van der Waals surface area contributed by atoms with Gasteiger partial charge in [-0.25, -0.2) is 4.39 Å². The van der Waals surface area contributed by atoms with E-state index in [1.165, 1.54) is 12.1 Å². The molecule has 17 heavy (non-hydrogen) atoms. The quantitative estimate of drug-likeness (QED) is 0.767. The Morgan fingerprint density at radius 3 is 2.88 bits per heavy atom. The van der Waals surface area contributed by atoms with Gasteiger partial charge >= 0.3 is 0 Å². The molecule has 0 aliphatic heterocycles. The fourth-order valence-electron chi connectivity index (χ4n) is 1.31. The molecule has 90 valence electrons. The summed E-state index contributed by atoms with van der Waals surface area (Å²) in [6.45, 7) is 0.404. The Kier molecular flexibility index (Phi) is 4.95. The lowest BCUT2D eigenvalue weighted by atomic mass is 10.2. The third-order valence-corrected chi connectivity index (χ3v) is 2.20. The molecule has 0 aliphatic carbocycles. The van der Waals surface area contributed by atoms with Crippen molar-refractivity contribution in [2.45, 2.75) is 19.3 Å². The average molecular weight is 236 g/mol. The van der Waals surface area contributed by atoms with E-state index in [2.05, 4.69) is 5.32 Å². The molecule has 0 radical (unpaired) electrons. The van der Waals surface area contributed by atoms with E-state index in [1.807, 2.05) is 6.07 Å². The Labute approximate surface area is 98.7 Å². The second-order valence-corrected chi connectivity index (χ2v) is 3.54. The van der Waals surface area contributed by atoms with Gasteiger partial charge in [-0.3, -0.25) is 4.79 Å². The molecule has 0 saturated heterocycles. The van der Waals surface area contributed by atoms with E-state index in [-0.39, 0.29) is 11.3 Å². The van der Waals surface area contributed by atoms with Crippen LogP contribution in [0.4, 0.5) is 4.39 Å². The van der Waals surface area contributed by atoms with Crippen LogP contribution in [0.25, 0.3) is 0 Å². The highest BCUT2D eigenvalue weighted by atomic mass is 19.1. The molecule has 0 saturated carbocycles. The zero-order chi connectivity index (χ0) is 12.7. The smallest absolute Gasteiger partial charge is 0.254 e. The molecule has 4 nitrogen and oxygen atoms in total. The highest BCUT2D eigenvalue weighted by molar-refractivity contribution is 5.94. The van der Waals surface area contributed by atoms with Crippen LogP contribution in [0.5, 0.6) is 5.75 Å². The van der Waals surface area contributed by atoms with Gasteiger partial charge in [0.05, 0.1) is 11.6 Å². The summed E-state index contributed by atoms with van der Waals surface area (Å²) in [6, 6.07) is 5.38. The molecule has 0 atom stereocenters. The maximum Gasteiger partial charge on any atom is 0.254 e. The van der Waals surface area contributed by atoms with Crippen LogP contribution in [0.2, 0.25) is 0 Å². The number of nitrogens with zero attached hydrogens (tertiary/aromatic N) is 1. The van der Waals surface area contributed by atoms with E-state index >= 15 is 0 Å². The molecular weight excluding hydrogens is 223 g/mol. The van der Waals surface area contributed by atoms with E-state index in [0.717, 1.165) is 6.07 Å². The molecule has 0 fully saturated rings. The van der Waals surface area contributed by atoms with Gasteiger partial charge in [-0.1, -0.05) is 0 Å². The highest BCUT2D eigenvalue weighted by Crippen LogP contribution is 2.14. The van der Waals surface area contributed by atoms with Gasteiger partial charge in [-0.2, -0.15) is 5.26 Å². The van der Waals surface area contributed by atoms with Crippen LogP contribution in [0.1, 0.15) is 29.6 Å². The monoisotopic (exact) mass is 236 g/mol. The van der Waals surface area contributed by atoms with Crippen LogP contribution < -0.4 is 5.32 Å². The second-order valence-electron chi connectivity index (χ2n) is 3.54. The first-order valence-electron chi connectivity index (χ1n) is 5.29. The van der Waals surface area contributed by atoms with E-state index in [9.17, 15) is 9.18 Å². The van der Waals surface area contributed by atoms with Crippen molar-refractivity contribution in [2.75, 3.05) is 6.54 Å². The number of nitrogens with one attached hydrogen (secondary N) is 1. The summed E-state index contributed by atoms with van der Waals surface area (Å²) in [7, 11) is 0. The number of nitriles is 1. The fourth-order valence-corrected chi connectivity index (χ4v) is 1.31. The summed E-state index contributed by atoms with van der Waals surface area (Å²) in [5, 5.41) is 19.8. The minimum absolute atomic E-state index is 0.0944. The normalized spacial score (nSPS) is 9.65. The summed E-state index contributed by atoms with van der Waals surface area (Å²) in [5.41, 5.74) is -0.0944. The Hall–Kier alpha value is -2.09. The van der Waals surface area contributed by atoms with Gasteiger partial charge in [0, 0.05) is 19.0 Å². The Morgan fingerprint density at radius 1 is 1.47 bits per heavy atom. The molecule has 0 spiro atoms. The van der Waals surface area contributed by atoms with E-state index < -0.39 is 11.7 Å². The van der Waals surface area contributed by atoms with Crippen LogP contribution in [-0.4, -0.2) is 17.6 Å². The first-order valence-corrected chi connectivity index (χ1v) is 5.29. The molecule has 1 rings (SSSR count). The number of halogens is 1. The van der Waals surface area contributed by atoms with Gasteiger partial charge in [0.1, 0.15) is 11.6 Å².